The van der Waals surface area contributed by atoms with Crippen LogP contribution in [0.15, 0.2) is 35.9 Å². The fourth-order valence-electron chi connectivity index (χ4n) is 4.56. The molecule has 1 aliphatic rings. The second-order valence-electron chi connectivity index (χ2n) is 9.85. The first-order valence-electron chi connectivity index (χ1n) is 13.5. The monoisotopic (exact) mass is 567 g/mol. The Morgan fingerprint density at radius 3 is 2.37 bits per heavy atom. The minimum absolute atomic E-state index is 0.00361. The van der Waals surface area contributed by atoms with E-state index in [-0.39, 0.29) is 49.5 Å². The Hall–Kier alpha value is -4.34. The summed E-state index contributed by atoms with van der Waals surface area (Å²) in [6.45, 7) is 4.09. The van der Waals surface area contributed by atoms with Gasteiger partial charge in [-0.05, 0) is 62.8 Å². The number of benzene rings is 2. The molecular weight excluding hydrogens is 530 g/mol. The highest BCUT2D eigenvalue weighted by Crippen LogP contribution is 2.43. The lowest BCUT2D eigenvalue weighted by Gasteiger charge is -2.19. The second-order valence-corrected chi connectivity index (χ2v) is 9.85. The van der Waals surface area contributed by atoms with Crippen molar-refractivity contribution >= 4 is 23.8 Å². The van der Waals surface area contributed by atoms with Gasteiger partial charge < -0.3 is 29.4 Å². The third kappa shape index (κ3) is 8.57. The molecule has 10 nitrogen and oxygen atoms in total. The Morgan fingerprint density at radius 1 is 1.00 bits per heavy atom. The van der Waals surface area contributed by atoms with Gasteiger partial charge in [-0.1, -0.05) is 23.8 Å². The molecule has 0 bridgehead atoms. The Labute approximate surface area is 239 Å². The normalized spacial score (nSPS) is 12.4. The van der Waals surface area contributed by atoms with E-state index in [2.05, 4.69) is 5.32 Å². The topological polar surface area (TPSA) is 137 Å². The van der Waals surface area contributed by atoms with Crippen LogP contribution in [0.4, 0.5) is 0 Å². The first-order valence-corrected chi connectivity index (χ1v) is 13.5. The van der Waals surface area contributed by atoms with E-state index in [0.29, 0.717) is 42.7 Å². The Balaban J connectivity index is 1.63. The number of allylic oxidation sites excluding steroid dienone is 2. The number of unbranched alkanes of at least 4 members (excludes halogenated alkanes) is 1. The number of esters is 2. The first kappa shape index (κ1) is 31.2. The maximum atomic E-state index is 12.9. The number of nitrogens with one attached hydrogen (secondary N) is 1. The predicted molar refractivity (Wildman–Crippen MR) is 150 cm³/mol. The van der Waals surface area contributed by atoms with E-state index >= 15 is 0 Å². The highest BCUT2D eigenvalue weighted by Gasteiger charge is 2.34. The number of carboxylic acid groups (broad SMARTS) is 1. The van der Waals surface area contributed by atoms with Crippen molar-refractivity contribution < 1.29 is 43.2 Å². The van der Waals surface area contributed by atoms with Crippen molar-refractivity contribution in [2.45, 2.75) is 71.9 Å². The molecule has 41 heavy (non-hydrogen) atoms. The molecule has 2 aromatic rings. The van der Waals surface area contributed by atoms with Crippen LogP contribution in [0.5, 0.6) is 17.2 Å². The van der Waals surface area contributed by atoms with E-state index in [0.717, 1.165) is 22.4 Å². The Kier molecular flexibility index (Phi) is 11.3. The van der Waals surface area contributed by atoms with Crippen LogP contribution in [0, 0.1) is 6.92 Å². The molecule has 0 radical (unpaired) electrons. The Bertz CT molecular complexity index is 1310. The lowest BCUT2D eigenvalue weighted by Crippen LogP contribution is -2.22. The molecule has 2 aromatic carbocycles. The van der Waals surface area contributed by atoms with E-state index in [1.54, 1.807) is 7.11 Å². The van der Waals surface area contributed by atoms with E-state index in [4.69, 9.17) is 24.1 Å². The van der Waals surface area contributed by atoms with Gasteiger partial charge in [0, 0.05) is 36.9 Å². The minimum Gasteiger partial charge on any atom is -0.497 e. The molecule has 0 atom stereocenters. The van der Waals surface area contributed by atoms with Gasteiger partial charge in [0.25, 0.3) is 0 Å². The number of fused-ring (bicyclic) bond motifs is 1. The summed E-state index contributed by atoms with van der Waals surface area (Å²) in [5, 5.41) is 11.8. The first-order chi connectivity index (χ1) is 19.6. The molecule has 0 saturated heterocycles. The lowest BCUT2D eigenvalue weighted by atomic mass is 9.94. The number of methoxy groups -OCH3 is 2. The van der Waals surface area contributed by atoms with Gasteiger partial charge in [-0.2, -0.15) is 0 Å². The van der Waals surface area contributed by atoms with Crippen molar-refractivity contribution in [1.29, 1.82) is 0 Å². The summed E-state index contributed by atoms with van der Waals surface area (Å²) >= 11 is 0. The predicted octanol–water partition coefficient (Wildman–Crippen LogP) is 4.82. The van der Waals surface area contributed by atoms with Gasteiger partial charge in [-0.15, -0.1) is 0 Å². The maximum absolute atomic E-state index is 12.9. The molecule has 0 aromatic heterocycles. The zero-order chi connectivity index (χ0) is 29.9. The van der Waals surface area contributed by atoms with E-state index < -0.39 is 17.9 Å². The molecule has 0 fully saturated rings. The van der Waals surface area contributed by atoms with Crippen LogP contribution in [-0.4, -0.2) is 43.1 Å². The fraction of sp³-hybridized carbons (Fsp3) is 0.419. The molecule has 0 unspecified atom stereocenters. The van der Waals surface area contributed by atoms with Crippen molar-refractivity contribution in [3.63, 3.8) is 0 Å². The summed E-state index contributed by atoms with van der Waals surface area (Å²) in [6.07, 6.45) is 3.70. The zero-order valence-electron chi connectivity index (χ0n) is 24.0. The van der Waals surface area contributed by atoms with Gasteiger partial charge in [-0.25, -0.2) is 4.79 Å². The van der Waals surface area contributed by atoms with Gasteiger partial charge in [0.05, 0.1) is 14.2 Å². The number of cyclic esters (lactones) is 1. The number of ether oxygens (including phenoxy) is 4. The number of carbonyl (C=O) groups excluding carboxylic acids is 3. The largest absolute Gasteiger partial charge is 0.497 e. The van der Waals surface area contributed by atoms with Gasteiger partial charge in [-0.3, -0.25) is 14.4 Å². The molecule has 10 heteroatoms. The number of rotatable bonds is 15. The van der Waals surface area contributed by atoms with Crippen LogP contribution in [0.1, 0.15) is 78.1 Å². The fourth-order valence-corrected chi connectivity index (χ4v) is 4.56. The molecule has 0 spiro atoms. The third-order valence-corrected chi connectivity index (χ3v) is 6.91. The van der Waals surface area contributed by atoms with Crippen molar-refractivity contribution in [2.24, 2.45) is 0 Å². The number of carbonyl (C=O) groups is 4. The van der Waals surface area contributed by atoms with Crippen molar-refractivity contribution in [3.05, 3.63) is 63.7 Å². The second kappa shape index (κ2) is 14.9. The SMILES string of the molecule is COc1ccc(CNC(=O)CCCCC(=O)Oc2c(CC=C(C)CCC(=O)O)c(OC)c(C)c3c2C(=O)OC3)cc1. The lowest BCUT2D eigenvalue weighted by molar-refractivity contribution is -0.137. The average molecular weight is 568 g/mol. The number of hydrogen-bond donors (Lipinski definition) is 2. The number of carboxylic acids is 1. The van der Waals surface area contributed by atoms with Crippen LogP contribution < -0.4 is 19.5 Å². The van der Waals surface area contributed by atoms with Crippen LogP contribution in [0.25, 0.3) is 0 Å². The van der Waals surface area contributed by atoms with Crippen LogP contribution in [-0.2, 0) is 38.7 Å². The summed E-state index contributed by atoms with van der Waals surface area (Å²) in [5.41, 5.74) is 3.85. The number of amides is 1. The zero-order valence-corrected chi connectivity index (χ0v) is 24.0. The molecule has 0 saturated carbocycles. The van der Waals surface area contributed by atoms with E-state index in [9.17, 15) is 19.2 Å². The van der Waals surface area contributed by atoms with Gasteiger partial charge >= 0.3 is 17.9 Å². The van der Waals surface area contributed by atoms with Gasteiger partial charge in [0.15, 0.2) is 5.75 Å². The average Bonchev–Trinajstić information content (AvgIpc) is 3.35. The quantitative estimate of drug-likeness (QED) is 0.134. The summed E-state index contributed by atoms with van der Waals surface area (Å²) < 4.78 is 21.8. The van der Waals surface area contributed by atoms with E-state index in [1.807, 2.05) is 44.2 Å². The summed E-state index contributed by atoms with van der Waals surface area (Å²) in [4.78, 5) is 48.7. The molecule has 3 rings (SSSR count). The summed E-state index contributed by atoms with van der Waals surface area (Å²) in [6, 6.07) is 7.41. The summed E-state index contributed by atoms with van der Waals surface area (Å²) in [5.74, 6) is -0.789. The molecular formula is C31H37NO9. The third-order valence-electron chi connectivity index (χ3n) is 6.91. The van der Waals surface area contributed by atoms with Crippen molar-refractivity contribution in [2.75, 3.05) is 14.2 Å². The highest BCUT2D eigenvalue weighted by atomic mass is 16.6. The van der Waals surface area contributed by atoms with Crippen molar-refractivity contribution in [3.8, 4) is 17.2 Å². The molecule has 1 aliphatic heterocycles. The van der Waals surface area contributed by atoms with Gasteiger partial charge in [0.2, 0.25) is 5.91 Å². The maximum Gasteiger partial charge on any atom is 0.342 e. The van der Waals surface area contributed by atoms with Crippen LogP contribution in [0.2, 0.25) is 0 Å². The van der Waals surface area contributed by atoms with Gasteiger partial charge in [0.1, 0.15) is 23.7 Å². The molecule has 2 N–H and O–H groups in total. The smallest absolute Gasteiger partial charge is 0.342 e. The van der Waals surface area contributed by atoms with E-state index in [1.165, 1.54) is 7.11 Å². The molecule has 1 heterocycles. The molecule has 1 amide bonds. The van der Waals surface area contributed by atoms with Crippen LogP contribution in [0.3, 0.4) is 0 Å². The Morgan fingerprint density at radius 2 is 1.71 bits per heavy atom. The number of hydrogen-bond acceptors (Lipinski definition) is 8. The molecule has 0 aliphatic carbocycles. The number of aliphatic carboxylic acids is 1. The highest BCUT2D eigenvalue weighted by molar-refractivity contribution is 5.99. The van der Waals surface area contributed by atoms with Crippen molar-refractivity contribution in [1.82, 2.24) is 5.32 Å². The molecule has 220 valence electrons. The minimum atomic E-state index is -0.893. The van der Waals surface area contributed by atoms with Crippen LogP contribution >= 0.6 is 0 Å². The standard InChI is InChI=1S/C31H37NO9/c1-19(10-16-26(34)35)9-15-23-29(39-4)20(2)24-18-40-31(37)28(24)30(23)41-27(36)8-6-5-7-25(33)32-17-21-11-13-22(38-3)14-12-21/h9,11-14H,5-8,10,15-18H2,1-4H3,(H,32,33)(H,34,35). The summed E-state index contributed by atoms with van der Waals surface area (Å²) in [7, 11) is 3.09.